The summed E-state index contributed by atoms with van der Waals surface area (Å²) in [5.41, 5.74) is 1.93. The van der Waals surface area contributed by atoms with Crippen LogP contribution in [0.5, 0.6) is 0 Å². The number of aliphatic imine (C=N–C) groups is 2. The van der Waals surface area contributed by atoms with E-state index in [0.717, 1.165) is 17.9 Å². The molecule has 0 aromatic carbocycles. The van der Waals surface area contributed by atoms with Gasteiger partial charge in [0.15, 0.2) is 0 Å². The van der Waals surface area contributed by atoms with Crippen LogP contribution in [0.4, 0.5) is 0 Å². The highest BCUT2D eigenvalue weighted by Crippen LogP contribution is 2.22. The number of rotatable bonds is 5. The van der Waals surface area contributed by atoms with E-state index in [-0.39, 0.29) is 6.17 Å². The Bertz CT molecular complexity index is 328. The Morgan fingerprint density at radius 3 is 2.62 bits per heavy atom. The zero-order valence-corrected chi connectivity index (χ0v) is 10.3. The van der Waals surface area contributed by atoms with Gasteiger partial charge in [-0.25, -0.2) is 0 Å². The highest BCUT2D eigenvalue weighted by Gasteiger charge is 2.19. The molecule has 4 nitrogen and oxygen atoms in total. The fraction of sp³-hybridized carbons (Fsp3) is 0.500. The maximum atomic E-state index is 4.03. The lowest BCUT2D eigenvalue weighted by Crippen LogP contribution is -2.35. The summed E-state index contributed by atoms with van der Waals surface area (Å²) < 4.78 is 0. The van der Waals surface area contributed by atoms with Crippen molar-refractivity contribution >= 4 is 13.4 Å². The Morgan fingerprint density at radius 1 is 1.50 bits per heavy atom. The molecule has 16 heavy (non-hydrogen) atoms. The van der Waals surface area contributed by atoms with E-state index in [9.17, 15) is 0 Å². The molecule has 1 aliphatic rings. The van der Waals surface area contributed by atoms with E-state index in [1.54, 1.807) is 0 Å². The summed E-state index contributed by atoms with van der Waals surface area (Å²) in [6.07, 6.45) is 3.79. The lowest BCUT2D eigenvalue weighted by Gasteiger charge is -2.32. The number of likely N-dealkylation sites (N-methyl/N-ethyl adjacent to an activating group) is 1. The fourth-order valence-corrected chi connectivity index (χ4v) is 1.81. The molecule has 0 spiro atoms. The molecular formula is C12H20N4. The molecule has 0 fully saturated rings. The molecule has 0 bridgehead atoms. The van der Waals surface area contributed by atoms with Crippen LogP contribution in [-0.4, -0.2) is 37.1 Å². The van der Waals surface area contributed by atoms with Gasteiger partial charge in [-0.05, 0) is 40.3 Å². The summed E-state index contributed by atoms with van der Waals surface area (Å²) in [4.78, 5) is 10.3. The Morgan fingerprint density at radius 2 is 2.19 bits per heavy atom. The predicted octanol–water partition coefficient (Wildman–Crippen LogP) is 1.77. The van der Waals surface area contributed by atoms with Crippen LogP contribution in [0.25, 0.3) is 0 Å². The average Bonchev–Trinajstić information content (AvgIpc) is 2.29. The van der Waals surface area contributed by atoms with E-state index in [1.807, 2.05) is 12.3 Å². The molecule has 1 N–H and O–H groups in total. The summed E-state index contributed by atoms with van der Waals surface area (Å²) in [5, 5.41) is 3.09. The van der Waals surface area contributed by atoms with Crippen molar-refractivity contribution in [2.45, 2.75) is 33.0 Å². The first-order valence-corrected chi connectivity index (χ1v) is 5.51. The molecule has 88 valence electrons. The third kappa shape index (κ3) is 2.51. The van der Waals surface area contributed by atoms with Gasteiger partial charge in [-0.2, -0.15) is 0 Å². The van der Waals surface area contributed by atoms with Crippen molar-refractivity contribution in [2.75, 3.05) is 6.54 Å². The SMILES string of the molecule is C=NC1=CNC(N=C)C=C1N(CC)C(C)C. The van der Waals surface area contributed by atoms with Crippen LogP contribution < -0.4 is 5.32 Å². The molecule has 1 atom stereocenters. The Kier molecular flexibility index (Phi) is 4.28. The van der Waals surface area contributed by atoms with Gasteiger partial charge in [-0.3, -0.25) is 9.98 Å². The van der Waals surface area contributed by atoms with Crippen LogP contribution >= 0.6 is 0 Å². The summed E-state index contributed by atoms with van der Waals surface area (Å²) in [6, 6.07) is 0.421. The largest absolute Gasteiger partial charge is 0.368 e. The molecule has 0 aromatic rings. The zero-order valence-electron chi connectivity index (χ0n) is 10.3. The molecule has 0 amide bonds. The number of nitrogens with zero attached hydrogens (tertiary/aromatic N) is 3. The molecule has 1 unspecified atom stereocenters. The van der Waals surface area contributed by atoms with Crippen molar-refractivity contribution in [1.29, 1.82) is 0 Å². The van der Waals surface area contributed by atoms with Crippen molar-refractivity contribution in [3.8, 4) is 0 Å². The third-order valence-electron chi connectivity index (χ3n) is 2.61. The van der Waals surface area contributed by atoms with Gasteiger partial charge >= 0.3 is 0 Å². The minimum atomic E-state index is -0.0756. The molecule has 0 saturated heterocycles. The molecular weight excluding hydrogens is 200 g/mol. The average molecular weight is 220 g/mol. The smallest absolute Gasteiger partial charge is 0.138 e. The van der Waals surface area contributed by atoms with Gasteiger partial charge in [0.2, 0.25) is 0 Å². The van der Waals surface area contributed by atoms with Crippen molar-refractivity contribution in [3.05, 3.63) is 23.7 Å². The van der Waals surface area contributed by atoms with Crippen molar-refractivity contribution in [3.63, 3.8) is 0 Å². The quantitative estimate of drug-likeness (QED) is 0.717. The Hall–Kier alpha value is -1.58. The maximum absolute atomic E-state index is 4.03. The van der Waals surface area contributed by atoms with Crippen LogP contribution in [0.15, 0.2) is 33.7 Å². The lowest BCUT2D eigenvalue weighted by molar-refractivity contribution is 0.299. The molecule has 0 aliphatic carbocycles. The second kappa shape index (κ2) is 5.49. The first-order valence-electron chi connectivity index (χ1n) is 5.51. The van der Waals surface area contributed by atoms with Crippen molar-refractivity contribution < 1.29 is 0 Å². The molecule has 0 aromatic heterocycles. The van der Waals surface area contributed by atoms with E-state index < -0.39 is 0 Å². The number of hydrogen-bond acceptors (Lipinski definition) is 4. The standard InChI is InChI=1S/C12H20N4/c1-6-16(9(2)3)11-7-12(14-5)15-8-10(11)13-4/h7-9,12,15H,4-6H2,1-3H3. The molecule has 1 rings (SSSR count). The summed E-state index contributed by atoms with van der Waals surface area (Å²) in [5.74, 6) is 0. The first-order chi connectivity index (χ1) is 7.63. The highest BCUT2D eigenvalue weighted by molar-refractivity contribution is 5.41. The van der Waals surface area contributed by atoms with E-state index in [4.69, 9.17) is 0 Å². The van der Waals surface area contributed by atoms with Gasteiger partial charge in [-0.15, -0.1) is 0 Å². The number of nitrogens with one attached hydrogen (secondary N) is 1. The molecule has 4 heteroatoms. The van der Waals surface area contributed by atoms with E-state index in [0.29, 0.717) is 6.04 Å². The molecule has 0 saturated carbocycles. The van der Waals surface area contributed by atoms with E-state index in [2.05, 4.69) is 54.4 Å². The van der Waals surface area contributed by atoms with Gasteiger partial charge in [-0.1, -0.05) is 0 Å². The van der Waals surface area contributed by atoms with Crippen molar-refractivity contribution in [1.82, 2.24) is 10.2 Å². The van der Waals surface area contributed by atoms with E-state index >= 15 is 0 Å². The number of hydrogen-bond donors (Lipinski definition) is 1. The maximum Gasteiger partial charge on any atom is 0.138 e. The summed E-state index contributed by atoms with van der Waals surface area (Å²) >= 11 is 0. The summed E-state index contributed by atoms with van der Waals surface area (Å²) in [6.45, 7) is 14.5. The third-order valence-corrected chi connectivity index (χ3v) is 2.61. The lowest BCUT2D eigenvalue weighted by atomic mass is 10.1. The van der Waals surface area contributed by atoms with Gasteiger partial charge < -0.3 is 10.2 Å². The second-order valence-corrected chi connectivity index (χ2v) is 3.91. The van der Waals surface area contributed by atoms with Crippen LogP contribution in [0.2, 0.25) is 0 Å². The minimum absolute atomic E-state index is 0.0756. The van der Waals surface area contributed by atoms with E-state index in [1.165, 1.54) is 0 Å². The van der Waals surface area contributed by atoms with Crippen LogP contribution in [0.3, 0.4) is 0 Å². The van der Waals surface area contributed by atoms with Crippen LogP contribution in [-0.2, 0) is 0 Å². The van der Waals surface area contributed by atoms with Gasteiger partial charge in [0.25, 0.3) is 0 Å². The monoisotopic (exact) mass is 220 g/mol. The normalized spacial score (nSPS) is 19.6. The topological polar surface area (TPSA) is 40.0 Å². The highest BCUT2D eigenvalue weighted by atomic mass is 15.2. The molecule has 1 heterocycles. The second-order valence-electron chi connectivity index (χ2n) is 3.91. The van der Waals surface area contributed by atoms with Gasteiger partial charge in [0.1, 0.15) is 11.9 Å². The van der Waals surface area contributed by atoms with Gasteiger partial charge in [0, 0.05) is 18.8 Å². The van der Waals surface area contributed by atoms with Gasteiger partial charge in [0.05, 0.1) is 5.70 Å². The fourth-order valence-electron chi connectivity index (χ4n) is 1.81. The van der Waals surface area contributed by atoms with Crippen LogP contribution in [0.1, 0.15) is 20.8 Å². The predicted molar refractivity (Wildman–Crippen MR) is 69.7 cm³/mol. The minimum Gasteiger partial charge on any atom is -0.368 e. The first kappa shape index (κ1) is 12.5. The number of dihydropyridines is 1. The molecule has 0 radical (unpaired) electrons. The Balaban J connectivity index is 3.03. The summed E-state index contributed by atoms with van der Waals surface area (Å²) in [7, 11) is 0. The zero-order chi connectivity index (χ0) is 12.1. The van der Waals surface area contributed by atoms with Crippen molar-refractivity contribution in [2.24, 2.45) is 9.98 Å². The molecule has 1 aliphatic heterocycles. The Labute approximate surface area is 97.5 Å². The van der Waals surface area contributed by atoms with Crippen LogP contribution in [0, 0.1) is 0 Å².